The average Bonchev–Trinajstić information content (AvgIpc) is 2.52. The van der Waals surface area contributed by atoms with Gasteiger partial charge >= 0.3 is 12.1 Å². The predicted octanol–water partition coefficient (Wildman–Crippen LogP) is 1.24. The van der Waals surface area contributed by atoms with Crippen LogP contribution in [0, 0.1) is 0 Å². The summed E-state index contributed by atoms with van der Waals surface area (Å²) >= 11 is 0. The lowest BCUT2D eigenvalue weighted by Crippen LogP contribution is -2.29. The number of esters is 1. The molecule has 7 nitrogen and oxygen atoms in total. The molecular formula is C14H17F3N2O5S. The van der Waals surface area contributed by atoms with Crippen molar-refractivity contribution in [3.05, 3.63) is 23.8 Å². The molecule has 0 spiro atoms. The Morgan fingerprint density at radius 2 is 1.88 bits per heavy atom. The first-order valence-electron chi connectivity index (χ1n) is 7.05. The smallest absolute Gasteiger partial charge is 0.449 e. The molecule has 0 aromatic heterocycles. The molecule has 1 amide bonds. The molecule has 0 fully saturated rings. The number of alkyl halides is 3. The van der Waals surface area contributed by atoms with Gasteiger partial charge in [-0.2, -0.15) is 13.2 Å². The van der Waals surface area contributed by atoms with E-state index in [4.69, 9.17) is 0 Å². The highest BCUT2D eigenvalue weighted by Crippen LogP contribution is 2.22. The highest BCUT2D eigenvalue weighted by atomic mass is 32.2. The van der Waals surface area contributed by atoms with Crippen molar-refractivity contribution in [2.75, 3.05) is 24.7 Å². The Morgan fingerprint density at radius 1 is 1.24 bits per heavy atom. The van der Waals surface area contributed by atoms with Gasteiger partial charge in [-0.05, 0) is 30.8 Å². The monoisotopic (exact) mass is 382 g/mol. The number of anilines is 1. The molecule has 1 aromatic carbocycles. The number of ether oxygens (including phenoxy) is 1. The van der Waals surface area contributed by atoms with Crippen LogP contribution in [-0.4, -0.2) is 45.9 Å². The van der Waals surface area contributed by atoms with E-state index in [1.807, 2.05) is 0 Å². The number of hydrogen-bond donors (Lipinski definition) is 2. The summed E-state index contributed by atoms with van der Waals surface area (Å²) in [5.74, 6) is -3.56. The Labute approximate surface area is 142 Å². The minimum absolute atomic E-state index is 0.0887. The number of carbonyl (C=O) groups excluding carboxylic acids is 2. The van der Waals surface area contributed by atoms with Gasteiger partial charge in [0.1, 0.15) is 0 Å². The first-order chi connectivity index (χ1) is 11.5. The first kappa shape index (κ1) is 20.9. The fourth-order valence-corrected chi connectivity index (χ4v) is 2.97. The fourth-order valence-electron chi connectivity index (χ4n) is 1.85. The maximum Gasteiger partial charge on any atom is 0.490 e. The zero-order valence-corrected chi connectivity index (χ0v) is 14.3. The number of amides is 1. The largest absolute Gasteiger partial charge is 0.490 e. The third-order valence-corrected chi connectivity index (χ3v) is 4.82. The van der Waals surface area contributed by atoms with E-state index in [9.17, 15) is 31.2 Å². The van der Waals surface area contributed by atoms with Crippen LogP contribution in [0.3, 0.4) is 0 Å². The van der Waals surface area contributed by atoms with Crippen LogP contribution in [0.2, 0.25) is 0 Å². The summed E-state index contributed by atoms with van der Waals surface area (Å²) in [6.07, 6.45) is -5.18. The summed E-state index contributed by atoms with van der Waals surface area (Å²) in [4.78, 5) is 22.2. The van der Waals surface area contributed by atoms with Crippen molar-refractivity contribution in [3.8, 4) is 0 Å². The van der Waals surface area contributed by atoms with E-state index in [1.54, 1.807) is 7.05 Å². The lowest BCUT2D eigenvalue weighted by Gasteiger charge is -2.12. The van der Waals surface area contributed by atoms with E-state index in [0.717, 1.165) is 0 Å². The van der Waals surface area contributed by atoms with Gasteiger partial charge in [0.15, 0.2) is 16.4 Å². The van der Waals surface area contributed by atoms with E-state index in [2.05, 4.69) is 15.4 Å². The van der Waals surface area contributed by atoms with Gasteiger partial charge in [0.05, 0.1) is 10.6 Å². The molecule has 0 saturated carbocycles. The van der Waals surface area contributed by atoms with Crippen LogP contribution in [0.4, 0.5) is 18.9 Å². The fraction of sp³-hybridized carbons (Fsp3) is 0.429. The van der Waals surface area contributed by atoms with Crippen molar-refractivity contribution >= 4 is 27.4 Å². The Hall–Kier alpha value is -2.14. The van der Waals surface area contributed by atoms with Crippen molar-refractivity contribution in [2.24, 2.45) is 0 Å². The van der Waals surface area contributed by atoms with Crippen LogP contribution in [0.1, 0.15) is 12.5 Å². The molecule has 1 rings (SSSR count). The van der Waals surface area contributed by atoms with Crippen molar-refractivity contribution in [1.29, 1.82) is 0 Å². The third-order valence-electron chi connectivity index (χ3n) is 2.99. The van der Waals surface area contributed by atoms with Gasteiger partial charge < -0.3 is 15.4 Å². The van der Waals surface area contributed by atoms with Gasteiger partial charge in [0.2, 0.25) is 0 Å². The van der Waals surface area contributed by atoms with Crippen LogP contribution in [-0.2, 0) is 30.7 Å². The summed E-state index contributed by atoms with van der Waals surface area (Å²) < 4.78 is 63.8. The summed E-state index contributed by atoms with van der Waals surface area (Å²) in [6.45, 7) is 0.569. The molecule has 1 aromatic rings. The molecule has 0 aliphatic heterocycles. The number of carbonyl (C=O) groups is 2. The molecule has 0 saturated heterocycles. The van der Waals surface area contributed by atoms with Crippen molar-refractivity contribution < 1.29 is 35.9 Å². The van der Waals surface area contributed by atoms with Gasteiger partial charge in [-0.1, -0.05) is 6.92 Å². The number of nitrogens with one attached hydrogen (secondary N) is 2. The summed E-state index contributed by atoms with van der Waals surface area (Å²) in [5.41, 5.74) is 0.544. The molecule has 0 atom stereocenters. The normalized spacial score (nSPS) is 11.9. The molecule has 0 radical (unpaired) electrons. The van der Waals surface area contributed by atoms with Gasteiger partial charge in [0, 0.05) is 12.2 Å². The Morgan fingerprint density at radius 3 is 2.40 bits per heavy atom. The average molecular weight is 382 g/mol. The van der Waals surface area contributed by atoms with Crippen LogP contribution in [0.5, 0.6) is 0 Å². The lowest BCUT2D eigenvalue weighted by atomic mass is 10.2. The van der Waals surface area contributed by atoms with Crippen molar-refractivity contribution in [2.45, 2.75) is 24.5 Å². The highest BCUT2D eigenvalue weighted by molar-refractivity contribution is 7.91. The highest BCUT2D eigenvalue weighted by Gasteiger charge is 2.41. The standard InChI is InChI=1S/C14H17F3N2O5S/c1-3-25(22,23)11-5-4-10(6-9(11)7-18-2)19-12(20)8-24-13(21)14(15,16)17/h4-6,18H,3,7-8H2,1-2H3,(H,19,20). The van der Waals surface area contributed by atoms with Crippen LogP contribution < -0.4 is 10.6 Å². The minimum atomic E-state index is -5.18. The second kappa shape index (κ2) is 8.30. The molecule has 0 aliphatic carbocycles. The Bertz CT molecular complexity index is 747. The summed E-state index contributed by atoms with van der Waals surface area (Å²) in [7, 11) is -1.88. The van der Waals surface area contributed by atoms with Gasteiger partial charge in [-0.3, -0.25) is 4.79 Å². The van der Waals surface area contributed by atoms with Gasteiger partial charge in [-0.15, -0.1) is 0 Å². The predicted molar refractivity (Wildman–Crippen MR) is 82.6 cm³/mol. The number of halogens is 3. The number of benzene rings is 1. The van der Waals surface area contributed by atoms with Crippen molar-refractivity contribution in [1.82, 2.24) is 5.32 Å². The molecule has 25 heavy (non-hydrogen) atoms. The van der Waals surface area contributed by atoms with Gasteiger partial charge in [-0.25, -0.2) is 13.2 Å². The van der Waals surface area contributed by atoms with Crippen molar-refractivity contribution in [3.63, 3.8) is 0 Å². The summed E-state index contributed by atoms with van der Waals surface area (Å²) in [6, 6.07) is 3.97. The topological polar surface area (TPSA) is 102 Å². The Kier molecular flexibility index (Phi) is 6.94. The van der Waals surface area contributed by atoms with E-state index in [-0.39, 0.29) is 22.9 Å². The minimum Gasteiger partial charge on any atom is -0.449 e. The molecule has 140 valence electrons. The molecule has 2 N–H and O–H groups in total. The number of hydrogen-bond acceptors (Lipinski definition) is 6. The second-order valence-corrected chi connectivity index (χ2v) is 7.12. The van der Waals surface area contributed by atoms with E-state index < -0.39 is 34.5 Å². The maximum atomic E-state index is 12.0. The molecule has 0 aliphatic rings. The zero-order chi connectivity index (χ0) is 19.3. The van der Waals surface area contributed by atoms with Crippen LogP contribution in [0.25, 0.3) is 0 Å². The maximum absolute atomic E-state index is 12.0. The van der Waals surface area contributed by atoms with Gasteiger partial charge in [0.25, 0.3) is 5.91 Å². The SMILES string of the molecule is CCS(=O)(=O)c1ccc(NC(=O)COC(=O)C(F)(F)F)cc1CNC. The zero-order valence-electron chi connectivity index (χ0n) is 13.4. The quantitative estimate of drug-likeness (QED) is 0.688. The molecule has 11 heteroatoms. The second-order valence-electron chi connectivity index (χ2n) is 4.88. The van der Waals surface area contributed by atoms with Crippen LogP contribution >= 0.6 is 0 Å². The number of rotatable bonds is 7. The first-order valence-corrected chi connectivity index (χ1v) is 8.70. The van der Waals surface area contributed by atoms with E-state index >= 15 is 0 Å². The molecular weight excluding hydrogens is 365 g/mol. The third kappa shape index (κ3) is 6.02. The van der Waals surface area contributed by atoms with E-state index in [1.165, 1.54) is 25.1 Å². The molecule has 0 heterocycles. The lowest BCUT2D eigenvalue weighted by molar-refractivity contribution is -0.199. The number of sulfone groups is 1. The van der Waals surface area contributed by atoms with E-state index in [0.29, 0.717) is 5.56 Å². The molecule has 0 bridgehead atoms. The van der Waals surface area contributed by atoms with Crippen LogP contribution in [0.15, 0.2) is 23.1 Å². The Balaban J connectivity index is 2.88. The molecule has 0 unspecified atom stereocenters. The summed E-state index contributed by atoms with van der Waals surface area (Å²) in [5, 5.41) is 5.02.